The number of likely N-dealkylation sites (tertiary alicyclic amines) is 1. The molecule has 0 bridgehead atoms. The van der Waals surface area contributed by atoms with Gasteiger partial charge < -0.3 is 9.32 Å². The summed E-state index contributed by atoms with van der Waals surface area (Å²) in [6, 6.07) is 17.6. The number of hydrogen-bond acceptors (Lipinski definition) is 2. The Morgan fingerprint density at radius 1 is 1.08 bits per heavy atom. The lowest BCUT2D eigenvalue weighted by Gasteiger charge is -2.25. The van der Waals surface area contributed by atoms with Crippen LogP contribution in [0.4, 0.5) is 4.39 Å². The zero-order chi connectivity index (χ0) is 17.2. The summed E-state index contributed by atoms with van der Waals surface area (Å²) < 4.78 is 18.6. The first-order chi connectivity index (χ1) is 12.2. The van der Waals surface area contributed by atoms with Crippen LogP contribution in [0, 0.1) is 5.82 Å². The van der Waals surface area contributed by atoms with Gasteiger partial charge in [0, 0.05) is 17.7 Å². The van der Waals surface area contributed by atoms with Crippen LogP contribution in [-0.2, 0) is 0 Å². The maximum Gasteiger partial charge on any atom is 0.254 e. The summed E-state index contributed by atoms with van der Waals surface area (Å²) in [5.74, 6) is 0.483. The van der Waals surface area contributed by atoms with E-state index < -0.39 is 0 Å². The molecule has 4 rings (SSSR count). The summed E-state index contributed by atoms with van der Waals surface area (Å²) in [7, 11) is 0. The van der Waals surface area contributed by atoms with E-state index in [0.717, 1.165) is 29.7 Å². The molecule has 1 saturated heterocycles. The predicted octanol–water partition coefficient (Wildman–Crippen LogP) is 5.06. The first-order valence-electron chi connectivity index (χ1n) is 8.43. The SMILES string of the molecule is O=C(c1cccc(-c2ccco2)c1)N1CCC[C@@H]1c1ccc(F)cc1. The molecule has 4 heteroatoms. The summed E-state index contributed by atoms with van der Waals surface area (Å²) >= 11 is 0. The molecule has 25 heavy (non-hydrogen) atoms. The molecule has 1 fully saturated rings. The molecule has 0 N–H and O–H groups in total. The van der Waals surface area contributed by atoms with Crippen molar-refractivity contribution in [3.05, 3.63) is 83.9 Å². The Kier molecular flexibility index (Phi) is 4.10. The van der Waals surface area contributed by atoms with E-state index in [1.165, 1.54) is 12.1 Å². The van der Waals surface area contributed by atoms with E-state index in [1.54, 1.807) is 18.4 Å². The average molecular weight is 335 g/mol. The van der Waals surface area contributed by atoms with Gasteiger partial charge in [-0.1, -0.05) is 24.3 Å². The Morgan fingerprint density at radius 3 is 2.68 bits per heavy atom. The number of halogens is 1. The van der Waals surface area contributed by atoms with Gasteiger partial charge in [0.05, 0.1) is 12.3 Å². The molecule has 0 radical (unpaired) electrons. The number of nitrogens with zero attached hydrogens (tertiary/aromatic N) is 1. The highest BCUT2D eigenvalue weighted by atomic mass is 19.1. The number of hydrogen-bond donors (Lipinski definition) is 0. The van der Waals surface area contributed by atoms with Gasteiger partial charge in [0.15, 0.2) is 0 Å². The molecule has 3 aromatic rings. The quantitative estimate of drug-likeness (QED) is 0.670. The van der Waals surface area contributed by atoms with Crippen LogP contribution in [0.1, 0.15) is 34.8 Å². The standard InChI is InChI=1S/C21H18FNO2/c22-18-10-8-15(9-11-18)19-6-2-12-23(19)21(24)17-5-1-4-16(14-17)20-7-3-13-25-20/h1,3-5,7-11,13-14,19H,2,6,12H2/t19-/m1/s1. The van der Waals surface area contributed by atoms with Crippen LogP contribution in [0.15, 0.2) is 71.3 Å². The van der Waals surface area contributed by atoms with E-state index in [4.69, 9.17) is 4.42 Å². The maximum absolute atomic E-state index is 13.2. The van der Waals surface area contributed by atoms with Crippen molar-refractivity contribution in [2.24, 2.45) is 0 Å². The minimum absolute atomic E-state index is 0.000214. The number of rotatable bonds is 3. The molecule has 1 aliphatic heterocycles. The van der Waals surface area contributed by atoms with Crippen LogP contribution in [0.5, 0.6) is 0 Å². The Hall–Kier alpha value is -2.88. The van der Waals surface area contributed by atoms with Crippen molar-refractivity contribution >= 4 is 5.91 Å². The van der Waals surface area contributed by atoms with Crippen molar-refractivity contribution in [2.45, 2.75) is 18.9 Å². The summed E-state index contributed by atoms with van der Waals surface area (Å²) in [5, 5.41) is 0. The first-order valence-corrected chi connectivity index (χ1v) is 8.43. The van der Waals surface area contributed by atoms with E-state index in [2.05, 4.69) is 0 Å². The zero-order valence-electron chi connectivity index (χ0n) is 13.7. The largest absolute Gasteiger partial charge is 0.464 e. The zero-order valence-corrected chi connectivity index (χ0v) is 13.7. The molecule has 0 spiro atoms. The summed E-state index contributed by atoms with van der Waals surface area (Å²) in [4.78, 5) is 14.9. The summed E-state index contributed by atoms with van der Waals surface area (Å²) in [6.07, 6.45) is 3.47. The van der Waals surface area contributed by atoms with E-state index >= 15 is 0 Å². The van der Waals surface area contributed by atoms with E-state index in [0.29, 0.717) is 12.1 Å². The monoisotopic (exact) mass is 335 g/mol. The van der Waals surface area contributed by atoms with Gasteiger partial charge in [0.2, 0.25) is 0 Å². The Balaban J connectivity index is 1.61. The van der Waals surface area contributed by atoms with Crippen LogP contribution in [0.2, 0.25) is 0 Å². The average Bonchev–Trinajstić information content (AvgIpc) is 3.34. The maximum atomic E-state index is 13.2. The van der Waals surface area contributed by atoms with Gasteiger partial charge in [-0.3, -0.25) is 4.79 Å². The lowest BCUT2D eigenvalue weighted by atomic mass is 10.0. The van der Waals surface area contributed by atoms with Crippen LogP contribution >= 0.6 is 0 Å². The van der Waals surface area contributed by atoms with Gasteiger partial charge in [0.1, 0.15) is 11.6 Å². The van der Waals surface area contributed by atoms with Gasteiger partial charge in [-0.05, 0) is 54.8 Å². The number of benzene rings is 2. The number of carbonyl (C=O) groups is 1. The van der Waals surface area contributed by atoms with Gasteiger partial charge in [0.25, 0.3) is 5.91 Å². The molecular formula is C21H18FNO2. The van der Waals surface area contributed by atoms with Gasteiger partial charge in [-0.2, -0.15) is 0 Å². The highest BCUT2D eigenvalue weighted by molar-refractivity contribution is 5.95. The highest BCUT2D eigenvalue weighted by Crippen LogP contribution is 2.33. The van der Waals surface area contributed by atoms with Gasteiger partial charge >= 0.3 is 0 Å². The van der Waals surface area contributed by atoms with Gasteiger partial charge in [-0.15, -0.1) is 0 Å². The van der Waals surface area contributed by atoms with E-state index in [-0.39, 0.29) is 17.8 Å². The number of amides is 1. The molecule has 2 aromatic carbocycles. The molecule has 126 valence electrons. The molecule has 1 aliphatic rings. The summed E-state index contributed by atoms with van der Waals surface area (Å²) in [5.41, 5.74) is 2.51. The van der Waals surface area contributed by atoms with Crippen molar-refractivity contribution in [2.75, 3.05) is 6.54 Å². The lowest BCUT2D eigenvalue weighted by molar-refractivity contribution is 0.0735. The number of furan rings is 1. The van der Waals surface area contributed by atoms with Gasteiger partial charge in [-0.25, -0.2) is 4.39 Å². The van der Waals surface area contributed by atoms with Crippen LogP contribution in [0.25, 0.3) is 11.3 Å². The Labute approximate surface area is 145 Å². The second-order valence-corrected chi connectivity index (χ2v) is 6.27. The van der Waals surface area contributed by atoms with Crippen LogP contribution < -0.4 is 0 Å². The van der Waals surface area contributed by atoms with Crippen molar-refractivity contribution in [1.82, 2.24) is 4.90 Å². The second-order valence-electron chi connectivity index (χ2n) is 6.27. The smallest absolute Gasteiger partial charge is 0.254 e. The molecule has 1 amide bonds. The molecular weight excluding hydrogens is 317 g/mol. The topological polar surface area (TPSA) is 33.5 Å². The fourth-order valence-corrected chi connectivity index (χ4v) is 3.46. The Bertz CT molecular complexity index is 871. The molecule has 0 unspecified atom stereocenters. The molecule has 1 atom stereocenters. The minimum atomic E-state index is -0.259. The van der Waals surface area contributed by atoms with Crippen molar-refractivity contribution < 1.29 is 13.6 Å². The van der Waals surface area contributed by atoms with Crippen molar-refractivity contribution in [1.29, 1.82) is 0 Å². The first kappa shape index (κ1) is 15.6. The van der Waals surface area contributed by atoms with Crippen LogP contribution in [0.3, 0.4) is 0 Å². The number of carbonyl (C=O) groups excluding carboxylic acids is 1. The third-order valence-corrected chi connectivity index (χ3v) is 4.68. The molecule has 0 aliphatic carbocycles. The normalized spacial score (nSPS) is 17.0. The molecule has 1 aromatic heterocycles. The van der Waals surface area contributed by atoms with Crippen molar-refractivity contribution in [3.63, 3.8) is 0 Å². The minimum Gasteiger partial charge on any atom is -0.464 e. The predicted molar refractivity (Wildman–Crippen MR) is 93.6 cm³/mol. The van der Waals surface area contributed by atoms with Crippen molar-refractivity contribution in [3.8, 4) is 11.3 Å². The molecule has 3 nitrogen and oxygen atoms in total. The molecule has 0 saturated carbocycles. The van der Waals surface area contributed by atoms with E-state index in [1.807, 2.05) is 41.3 Å². The summed E-state index contributed by atoms with van der Waals surface area (Å²) in [6.45, 7) is 0.714. The second kappa shape index (κ2) is 6.55. The third-order valence-electron chi connectivity index (χ3n) is 4.68. The Morgan fingerprint density at radius 2 is 1.92 bits per heavy atom. The fraction of sp³-hybridized carbons (Fsp3) is 0.190. The lowest BCUT2D eigenvalue weighted by Crippen LogP contribution is -2.30. The molecule has 2 heterocycles. The highest BCUT2D eigenvalue weighted by Gasteiger charge is 2.30. The fourth-order valence-electron chi connectivity index (χ4n) is 3.46. The van der Waals surface area contributed by atoms with Crippen LogP contribution in [-0.4, -0.2) is 17.4 Å². The van der Waals surface area contributed by atoms with E-state index in [9.17, 15) is 9.18 Å². The third kappa shape index (κ3) is 3.07.